The predicted octanol–water partition coefficient (Wildman–Crippen LogP) is 6.25. The molecule has 1 saturated carbocycles. The molecule has 0 bridgehead atoms. The summed E-state index contributed by atoms with van der Waals surface area (Å²) in [6, 6.07) is 18.7. The number of allylic oxidation sites excluding steroid dienone is 2. The number of hydrogen-bond donors (Lipinski definition) is 1. The lowest BCUT2D eigenvalue weighted by molar-refractivity contribution is -0.131. The number of benzene rings is 3. The molecule has 8 nitrogen and oxygen atoms in total. The summed E-state index contributed by atoms with van der Waals surface area (Å²) in [5.41, 5.74) is 0.807. The molecule has 1 N–H and O–H groups in total. The summed E-state index contributed by atoms with van der Waals surface area (Å²) in [5.74, 6) is -4.72. The van der Waals surface area contributed by atoms with Gasteiger partial charge in [-0.3, -0.25) is 24.1 Å². The summed E-state index contributed by atoms with van der Waals surface area (Å²) in [4.78, 5) is 59.1. The van der Waals surface area contributed by atoms with Crippen molar-refractivity contribution in [2.45, 2.75) is 25.7 Å². The third-order valence-electron chi connectivity index (χ3n) is 9.97. The second kappa shape index (κ2) is 10.3. The second-order valence-corrected chi connectivity index (χ2v) is 13.4. The van der Waals surface area contributed by atoms with E-state index < -0.39 is 35.0 Å². The maximum Gasteiger partial charge on any atom is 0.241 e. The van der Waals surface area contributed by atoms with E-state index >= 15 is 0 Å². The van der Waals surface area contributed by atoms with Gasteiger partial charge in [0.15, 0.2) is 11.5 Å². The average molecular weight is 676 g/mol. The molecule has 0 radical (unpaired) electrons. The number of phenolic OH excluding ortho intramolecular Hbond substituents is 1. The standard InChI is InChI=1S/C34H28BrClN2O6/c1-34-25(31(41)38(33(34)43)19-6-4-3-5-7-19)16-23-21(28(34)24-14-17(35)15-26(44-2)29(24)39)12-13-22-27(23)32(42)37(30(22)40)20-10-8-18(36)9-11-20/h3-12,14-15,22-23,25,27-28,39H,13,16H2,1-2H3/t22-,23+,25-,27-,28+,34+/m0/s1. The number of phenols is 1. The van der Waals surface area contributed by atoms with Crippen LogP contribution in [0.1, 0.15) is 31.2 Å². The Bertz CT molecular complexity index is 1780. The van der Waals surface area contributed by atoms with Crippen molar-refractivity contribution in [2.75, 3.05) is 16.9 Å². The molecule has 4 aliphatic rings. The van der Waals surface area contributed by atoms with E-state index in [-0.39, 0.29) is 41.5 Å². The van der Waals surface area contributed by atoms with Crippen LogP contribution in [0, 0.1) is 29.1 Å². The molecular formula is C34H28BrClN2O6. The molecular weight excluding hydrogens is 648 g/mol. The van der Waals surface area contributed by atoms with Gasteiger partial charge in [0.1, 0.15) is 0 Å². The first-order chi connectivity index (χ1) is 21.1. The first kappa shape index (κ1) is 28.8. The van der Waals surface area contributed by atoms with Crippen molar-refractivity contribution >= 4 is 62.5 Å². The molecule has 44 heavy (non-hydrogen) atoms. The van der Waals surface area contributed by atoms with Crippen LogP contribution < -0.4 is 14.5 Å². The summed E-state index contributed by atoms with van der Waals surface area (Å²) in [6.45, 7) is 1.78. The van der Waals surface area contributed by atoms with Gasteiger partial charge in [-0.15, -0.1) is 0 Å². The summed E-state index contributed by atoms with van der Waals surface area (Å²) < 4.78 is 6.09. The molecule has 10 heteroatoms. The van der Waals surface area contributed by atoms with Crippen molar-refractivity contribution in [1.29, 1.82) is 0 Å². The SMILES string of the molecule is COc1cc(Br)cc([C@H]2C3=CC[C@@H]4C(=O)N(c5ccc(Cl)cc5)C(=O)[C@@H]4[C@@H]3C[C@H]3C(=O)N(c4ccccc4)C(=O)[C@@]23C)c1O. The number of para-hydroxylation sites is 1. The topological polar surface area (TPSA) is 104 Å². The Kier molecular flexibility index (Phi) is 6.75. The monoisotopic (exact) mass is 674 g/mol. The van der Waals surface area contributed by atoms with E-state index in [0.717, 1.165) is 5.57 Å². The molecule has 6 atom stereocenters. The highest BCUT2D eigenvalue weighted by atomic mass is 79.9. The number of carbonyl (C=O) groups is 4. The first-order valence-corrected chi connectivity index (χ1v) is 15.6. The summed E-state index contributed by atoms with van der Waals surface area (Å²) in [7, 11) is 1.44. The van der Waals surface area contributed by atoms with Crippen molar-refractivity contribution < 1.29 is 29.0 Å². The molecule has 224 valence electrons. The van der Waals surface area contributed by atoms with Gasteiger partial charge in [0.25, 0.3) is 0 Å². The minimum absolute atomic E-state index is 0.139. The van der Waals surface area contributed by atoms with E-state index in [1.54, 1.807) is 67.6 Å². The van der Waals surface area contributed by atoms with Gasteiger partial charge >= 0.3 is 0 Å². The van der Waals surface area contributed by atoms with Crippen molar-refractivity contribution in [3.63, 3.8) is 0 Å². The van der Waals surface area contributed by atoms with Crippen LogP contribution in [0.15, 0.2) is 82.9 Å². The molecule has 7 rings (SSSR count). The van der Waals surface area contributed by atoms with Crippen LogP contribution in [0.3, 0.4) is 0 Å². The summed E-state index contributed by atoms with van der Waals surface area (Å²) >= 11 is 9.60. The van der Waals surface area contributed by atoms with Crippen molar-refractivity contribution in [3.8, 4) is 11.5 Å². The van der Waals surface area contributed by atoms with E-state index in [0.29, 0.717) is 32.9 Å². The highest BCUT2D eigenvalue weighted by molar-refractivity contribution is 9.10. The van der Waals surface area contributed by atoms with Crippen molar-refractivity contribution in [3.05, 3.63) is 93.4 Å². The van der Waals surface area contributed by atoms with Gasteiger partial charge in [0.2, 0.25) is 23.6 Å². The van der Waals surface area contributed by atoms with E-state index in [1.165, 1.54) is 16.9 Å². The Hall–Kier alpha value is -3.95. The van der Waals surface area contributed by atoms with E-state index in [9.17, 15) is 24.3 Å². The highest BCUT2D eigenvalue weighted by Gasteiger charge is 2.68. The molecule has 2 aliphatic carbocycles. The lowest BCUT2D eigenvalue weighted by Crippen LogP contribution is -2.49. The Morgan fingerprint density at radius 2 is 1.59 bits per heavy atom. The maximum atomic E-state index is 14.5. The fourth-order valence-corrected chi connectivity index (χ4v) is 8.58. The zero-order valence-corrected chi connectivity index (χ0v) is 26.2. The molecule has 3 aromatic carbocycles. The Balaban J connectivity index is 1.40. The number of rotatable bonds is 4. The zero-order chi connectivity index (χ0) is 31.1. The highest BCUT2D eigenvalue weighted by Crippen LogP contribution is 2.65. The Morgan fingerprint density at radius 3 is 2.27 bits per heavy atom. The lowest BCUT2D eigenvalue weighted by atomic mass is 9.51. The third-order valence-corrected chi connectivity index (χ3v) is 10.7. The van der Waals surface area contributed by atoms with Crippen LogP contribution in [-0.4, -0.2) is 35.8 Å². The fourth-order valence-electron chi connectivity index (χ4n) is 8.00. The smallest absolute Gasteiger partial charge is 0.241 e. The van der Waals surface area contributed by atoms with Gasteiger partial charge in [0, 0.05) is 21.0 Å². The number of nitrogens with zero attached hydrogens (tertiary/aromatic N) is 2. The molecule has 2 saturated heterocycles. The van der Waals surface area contributed by atoms with E-state index in [2.05, 4.69) is 15.9 Å². The normalized spacial score (nSPS) is 29.4. The molecule has 2 heterocycles. The molecule has 3 aromatic rings. The number of halogens is 2. The van der Waals surface area contributed by atoms with Crippen LogP contribution in [0.5, 0.6) is 11.5 Å². The average Bonchev–Trinajstić information content (AvgIpc) is 3.38. The van der Waals surface area contributed by atoms with Gasteiger partial charge in [-0.2, -0.15) is 0 Å². The Labute approximate surface area is 267 Å². The van der Waals surface area contributed by atoms with Gasteiger partial charge in [0.05, 0.1) is 41.7 Å². The molecule has 0 spiro atoms. The number of imide groups is 2. The number of amides is 4. The molecule has 2 aliphatic heterocycles. The van der Waals surface area contributed by atoms with Crippen molar-refractivity contribution in [1.82, 2.24) is 0 Å². The molecule has 0 aromatic heterocycles. The zero-order valence-electron chi connectivity index (χ0n) is 23.9. The lowest BCUT2D eigenvalue weighted by Gasteiger charge is -2.49. The molecule has 3 fully saturated rings. The first-order valence-electron chi connectivity index (χ1n) is 14.4. The number of carbonyl (C=O) groups excluding carboxylic acids is 4. The number of anilines is 2. The minimum Gasteiger partial charge on any atom is -0.504 e. The molecule has 0 unspecified atom stereocenters. The van der Waals surface area contributed by atoms with Crippen LogP contribution >= 0.6 is 27.5 Å². The molecule has 4 amide bonds. The fraction of sp³-hybridized carbons (Fsp3) is 0.294. The number of aromatic hydroxyl groups is 1. The number of fused-ring (bicyclic) bond motifs is 4. The van der Waals surface area contributed by atoms with E-state index in [1.807, 2.05) is 12.1 Å². The van der Waals surface area contributed by atoms with Crippen LogP contribution in [0.4, 0.5) is 11.4 Å². The quantitative estimate of drug-likeness (QED) is 0.259. The van der Waals surface area contributed by atoms with Gasteiger partial charge in [-0.25, -0.2) is 4.90 Å². The van der Waals surface area contributed by atoms with Gasteiger partial charge in [-0.05, 0) is 74.2 Å². The van der Waals surface area contributed by atoms with Crippen LogP contribution in [0.25, 0.3) is 0 Å². The number of ether oxygens (including phenoxy) is 1. The van der Waals surface area contributed by atoms with E-state index in [4.69, 9.17) is 16.3 Å². The van der Waals surface area contributed by atoms with Crippen LogP contribution in [-0.2, 0) is 19.2 Å². The Morgan fingerprint density at radius 1 is 0.909 bits per heavy atom. The summed E-state index contributed by atoms with van der Waals surface area (Å²) in [6.07, 6.45) is 2.45. The maximum absolute atomic E-state index is 14.5. The largest absolute Gasteiger partial charge is 0.504 e. The summed E-state index contributed by atoms with van der Waals surface area (Å²) in [5, 5.41) is 12.0. The second-order valence-electron chi connectivity index (χ2n) is 12.0. The predicted molar refractivity (Wildman–Crippen MR) is 167 cm³/mol. The number of hydrogen-bond acceptors (Lipinski definition) is 6. The number of methoxy groups -OCH3 is 1. The van der Waals surface area contributed by atoms with Crippen molar-refractivity contribution in [2.24, 2.45) is 29.1 Å². The van der Waals surface area contributed by atoms with Crippen LogP contribution in [0.2, 0.25) is 5.02 Å². The van der Waals surface area contributed by atoms with Gasteiger partial charge in [-0.1, -0.05) is 57.4 Å². The minimum atomic E-state index is -1.28. The van der Waals surface area contributed by atoms with Gasteiger partial charge < -0.3 is 9.84 Å². The third kappa shape index (κ3) is 3.95.